The van der Waals surface area contributed by atoms with E-state index in [1.165, 1.54) is 22.3 Å². The van der Waals surface area contributed by atoms with Crippen LogP contribution in [0.2, 0.25) is 0 Å². The molecule has 0 radical (unpaired) electrons. The third kappa shape index (κ3) is 4.81. The SMILES string of the molecule is CCc1ccc(-[n+]2cn(-c3ccc(-c4ccccc4)cc3)[n+](-c3ccc(C(C)(C)C)cc3)c2)cc1. The van der Waals surface area contributed by atoms with Crippen LogP contribution in [0.5, 0.6) is 0 Å². The van der Waals surface area contributed by atoms with Crippen molar-refractivity contribution in [3.05, 3.63) is 127 Å². The summed E-state index contributed by atoms with van der Waals surface area (Å²) >= 11 is 0. The van der Waals surface area contributed by atoms with Gasteiger partial charge in [0.1, 0.15) is 0 Å². The molecule has 0 spiro atoms. The number of nitrogens with zero attached hydrogens (tertiary/aromatic N) is 3. The van der Waals surface area contributed by atoms with Crippen LogP contribution >= 0.6 is 0 Å². The minimum absolute atomic E-state index is 0.124. The van der Waals surface area contributed by atoms with E-state index in [-0.39, 0.29) is 5.41 Å². The monoisotopic (exact) mass is 459 g/mol. The molecule has 0 saturated heterocycles. The van der Waals surface area contributed by atoms with Gasteiger partial charge in [0.25, 0.3) is 0 Å². The van der Waals surface area contributed by atoms with Crippen LogP contribution in [0.4, 0.5) is 0 Å². The average Bonchev–Trinajstić information content (AvgIpc) is 3.34. The lowest BCUT2D eigenvalue weighted by Crippen LogP contribution is -2.40. The lowest BCUT2D eigenvalue weighted by molar-refractivity contribution is -0.733. The summed E-state index contributed by atoms with van der Waals surface area (Å²) in [6, 6.07) is 36.9. The predicted octanol–water partition coefficient (Wildman–Crippen LogP) is 6.56. The highest BCUT2D eigenvalue weighted by Crippen LogP contribution is 2.23. The smallest absolute Gasteiger partial charge is 0.123 e. The molecule has 5 rings (SSSR count). The Hall–Kier alpha value is -3.98. The lowest BCUT2D eigenvalue weighted by Gasteiger charge is -2.18. The molecule has 1 heterocycles. The highest BCUT2D eigenvalue weighted by molar-refractivity contribution is 5.64. The van der Waals surface area contributed by atoms with E-state index in [0.717, 1.165) is 23.5 Å². The van der Waals surface area contributed by atoms with Gasteiger partial charge in [0.2, 0.25) is 11.4 Å². The molecule has 0 N–H and O–H groups in total. The Bertz CT molecular complexity index is 1400. The van der Waals surface area contributed by atoms with Crippen LogP contribution in [0, 0.1) is 0 Å². The van der Waals surface area contributed by atoms with Crippen LogP contribution in [-0.2, 0) is 11.8 Å². The van der Waals surface area contributed by atoms with Gasteiger partial charge in [0.05, 0.1) is 0 Å². The van der Waals surface area contributed by atoms with Gasteiger partial charge in [-0.2, -0.15) is 0 Å². The van der Waals surface area contributed by atoms with Gasteiger partial charge >= 0.3 is 12.7 Å². The molecular formula is C32H33N3+2. The maximum atomic E-state index is 2.25. The molecule has 35 heavy (non-hydrogen) atoms. The van der Waals surface area contributed by atoms with E-state index in [2.05, 4.69) is 157 Å². The fourth-order valence-electron chi connectivity index (χ4n) is 4.35. The van der Waals surface area contributed by atoms with Gasteiger partial charge in [-0.15, -0.1) is 4.57 Å². The van der Waals surface area contributed by atoms with Crippen molar-refractivity contribution >= 4 is 0 Å². The molecule has 1 aromatic heterocycles. The first-order valence-corrected chi connectivity index (χ1v) is 12.3. The summed E-state index contributed by atoms with van der Waals surface area (Å²) in [6.07, 6.45) is 5.34. The number of aryl methyl sites for hydroxylation is 1. The molecule has 3 heteroatoms. The lowest BCUT2D eigenvalue weighted by atomic mass is 9.87. The van der Waals surface area contributed by atoms with Gasteiger partial charge in [-0.1, -0.05) is 82.3 Å². The molecule has 5 aromatic rings. The van der Waals surface area contributed by atoms with Crippen molar-refractivity contribution < 1.29 is 9.25 Å². The van der Waals surface area contributed by atoms with Crippen molar-refractivity contribution in [2.75, 3.05) is 0 Å². The maximum Gasteiger partial charge on any atom is 0.358 e. The number of hydrogen-bond acceptors (Lipinski definition) is 0. The summed E-state index contributed by atoms with van der Waals surface area (Å²) in [4.78, 5) is 0. The fraction of sp³-hybridized carbons (Fsp3) is 0.188. The molecular weight excluding hydrogens is 426 g/mol. The van der Waals surface area contributed by atoms with E-state index in [1.54, 1.807) is 0 Å². The molecule has 3 nitrogen and oxygen atoms in total. The zero-order valence-electron chi connectivity index (χ0n) is 21.0. The maximum absolute atomic E-state index is 2.25. The van der Waals surface area contributed by atoms with E-state index in [0.29, 0.717) is 0 Å². The van der Waals surface area contributed by atoms with Gasteiger partial charge in [0.15, 0.2) is 5.69 Å². The highest BCUT2D eigenvalue weighted by Gasteiger charge is 2.26. The normalized spacial score (nSPS) is 11.5. The molecule has 0 aliphatic carbocycles. The first kappa shape index (κ1) is 22.8. The number of hydrogen-bond donors (Lipinski definition) is 0. The third-order valence-electron chi connectivity index (χ3n) is 6.58. The Morgan fingerprint density at radius 2 is 1.26 bits per heavy atom. The van der Waals surface area contributed by atoms with E-state index in [9.17, 15) is 0 Å². The third-order valence-corrected chi connectivity index (χ3v) is 6.58. The molecule has 0 fully saturated rings. The molecule has 0 bridgehead atoms. The van der Waals surface area contributed by atoms with Crippen molar-refractivity contribution in [1.82, 2.24) is 4.68 Å². The van der Waals surface area contributed by atoms with Crippen molar-refractivity contribution in [2.45, 2.75) is 39.5 Å². The number of benzene rings is 4. The van der Waals surface area contributed by atoms with E-state index in [1.807, 2.05) is 0 Å². The Morgan fingerprint density at radius 3 is 1.86 bits per heavy atom. The predicted molar refractivity (Wildman–Crippen MR) is 142 cm³/mol. The van der Waals surface area contributed by atoms with Crippen LogP contribution in [0.15, 0.2) is 116 Å². The Morgan fingerprint density at radius 1 is 0.657 bits per heavy atom. The largest absolute Gasteiger partial charge is 0.358 e. The van der Waals surface area contributed by atoms with E-state index in [4.69, 9.17) is 0 Å². The van der Waals surface area contributed by atoms with Crippen LogP contribution in [0.1, 0.15) is 38.8 Å². The number of rotatable bonds is 5. The summed E-state index contributed by atoms with van der Waals surface area (Å²) < 4.78 is 6.59. The van der Waals surface area contributed by atoms with Gasteiger partial charge < -0.3 is 0 Å². The van der Waals surface area contributed by atoms with Gasteiger partial charge in [-0.3, -0.25) is 0 Å². The first-order valence-electron chi connectivity index (χ1n) is 12.3. The molecule has 0 saturated carbocycles. The minimum Gasteiger partial charge on any atom is -0.123 e. The zero-order chi connectivity index (χ0) is 24.4. The standard InChI is InChI=1S/C32H33N3/c1-5-25-11-17-29(18-12-25)33-23-34(30-19-13-27(14-20-30)26-9-7-6-8-10-26)35(24-33)31-21-15-28(16-22-31)32(2,3)4/h6-24H,5H2,1-4H3/q+2. The molecule has 0 atom stereocenters. The Balaban J connectivity index is 1.59. The van der Waals surface area contributed by atoms with Crippen molar-refractivity contribution in [3.8, 4) is 28.2 Å². The topological polar surface area (TPSA) is 12.7 Å². The zero-order valence-corrected chi connectivity index (χ0v) is 21.0. The molecule has 0 amide bonds. The summed E-state index contributed by atoms with van der Waals surface area (Å²) in [5.74, 6) is 0. The second kappa shape index (κ2) is 9.34. The van der Waals surface area contributed by atoms with Crippen molar-refractivity contribution in [2.24, 2.45) is 0 Å². The highest BCUT2D eigenvalue weighted by atomic mass is 15.5. The van der Waals surface area contributed by atoms with Gasteiger partial charge in [-0.05, 0) is 82.6 Å². The summed E-state index contributed by atoms with van der Waals surface area (Å²) in [5, 5.41) is 0. The second-order valence-corrected chi connectivity index (χ2v) is 10.1. The van der Waals surface area contributed by atoms with Crippen LogP contribution < -0.4 is 9.25 Å². The fourth-order valence-corrected chi connectivity index (χ4v) is 4.35. The van der Waals surface area contributed by atoms with Gasteiger partial charge in [-0.25, -0.2) is 0 Å². The van der Waals surface area contributed by atoms with Crippen LogP contribution in [0.3, 0.4) is 0 Å². The summed E-state index contributed by atoms with van der Waals surface area (Å²) in [6.45, 7) is 8.94. The minimum atomic E-state index is 0.124. The van der Waals surface area contributed by atoms with Crippen LogP contribution in [0.25, 0.3) is 28.2 Å². The second-order valence-electron chi connectivity index (χ2n) is 10.1. The Kier molecular flexibility index (Phi) is 6.08. The molecule has 4 aromatic carbocycles. The van der Waals surface area contributed by atoms with Crippen molar-refractivity contribution in [3.63, 3.8) is 0 Å². The van der Waals surface area contributed by atoms with Crippen LogP contribution in [-0.4, -0.2) is 4.68 Å². The van der Waals surface area contributed by atoms with E-state index >= 15 is 0 Å². The first-order chi connectivity index (χ1) is 16.9. The quantitative estimate of drug-likeness (QED) is 0.264. The van der Waals surface area contributed by atoms with Gasteiger partial charge in [0, 0.05) is 9.36 Å². The molecule has 0 aliphatic heterocycles. The number of aromatic nitrogens is 3. The van der Waals surface area contributed by atoms with Crippen molar-refractivity contribution in [1.29, 1.82) is 0 Å². The van der Waals surface area contributed by atoms with E-state index < -0.39 is 0 Å². The average molecular weight is 460 g/mol. The molecule has 0 unspecified atom stereocenters. The summed E-state index contributed by atoms with van der Waals surface area (Å²) in [5.41, 5.74) is 8.60. The summed E-state index contributed by atoms with van der Waals surface area (Å²) in [7, 11) is 0. The Labute approximate surface area is 208 Å². The molecule has 174 valence electrons. The molecule has 0 aliphatic rings.